The molecule has 1 aliphatic heterocycles. The van der Waals surface area contributed by atoms with E-state index in [4.69, 9.17) is 5.11 Å². The molecular weight excluding hydrogens is 340 g/mol. The normalized spacial score (nSPS) is 14.4. The van der Waals surface area contributed by atoms with Gasteiger partial charge in [-0.3, -0.25) is 4.79 Å². The standard InChI is InChI=1S/C22H20N2O3/c25-21(17-8-10-18(11-9-17)22(26)27)24-14-12-23(13-15-24)20-7-3-5-16-4-1-2-6-19(16)20/h1-11H,12-15H2,(H,26,27). The third-order valence-electron chi connectivity index (χ3n) is 5.05. The molecule has 5 heteroatoms. The van der Waals surface area contributed by atoms with Crippen LogP contribution in [0.2, 0.25) is 0 Å². The zero-order valence-corrected chi connectivity index (χ0v) is 14.8. The van der Waals surface area contributed by atoms with Gasteiger partial charge in [-0.25, -0.2) is 4.79 Å². The molecule has 0 aliphatic carbocycles. The van der Waals surface area contributed by atoms with Gasteiger partial charge >= 0.3 is 5.97 Å². The maximum Gasteiger partial charge on any atom is 0.335 e. The van der Waals surface area contributed by atoms with Crippen LogP contribution in [0.4, 0.5) is 5.69 Å². The lowest BCUT2D eigenvalue weighted by Crippen LogP contribution is -2.48. The maximum atomic E-state index is 12.7. The van der Waals surface area contributed by atoms with Crippen molar-refractivity contribution in [3.63, 3.8) is 0 Å². The minimum atomic E-state index is -0.988. The van der Waals surface area contributed by atoms with Crippen LogP contribution >= 0.6 is 0 Å². The molecule has 3 aromatic carbocycles. The van der Waals surface area contributed by atoms with Crippen molar-refractivity contribution in [2.24, 2.45) is 0 Å². The van der Waals surface area contributed by atoms with Gasteiger partial charge in [0.05, 0.1) is 5.56 Å². The van der Waals surface area contributed by atoms with Crippen molar-refractivity contribution in [1.82, 2.24) is 4.90 Å². The Kier molecular flexibility index (Phi) is 4.50. The van der Waals surface area contributed by atoms with E-state index in [0.717, 1.165) is 13.1 Å². The van der Waals surface area contributed by atoms with Crippen molar-refractivity contribution in [1.29, 1.82) is 0 Å². The molecule has 0 atom stereocenters. The van der Waals surface area contributed by atoms with E-state index in [1.165, 1.54) is 28.6 Å². The summed E-state index contributed by atoms with van der Waals surface area (Å²) in [6.45, 7) is 2.82. The van der Waals surface area contributed by atoms with Gasteiger partial charge in [0.1, 0.15) is 0 Å². The van der Waals surface area contributed by atoms with Gasteiger partial charge in [-0.2, -0.15) is 0 Å². The highest BCUT2D eigenvalue weighted by molar-refractivity contribution is 5.97. The third kappa shape index (κ3) is 3.36. The molecule has 4 rings (SSSR count). The van der Waals surface area contributed by atoms with Gasteiger partial charge in [-0.05, 0) is 35.7 Å². The molecular formula is C22H20N2O3. The van der Waals surface area contributed by atoms with Crippen LogP contribution in [-0.4, -0.2) is 48.1 Å². The molecule has 0 spiro atoms. The zero-order valence-electron chi connectivity index (χ0n) is 14.8. The lowest BCUT2D eigenvalue weighted by molar-refractivity contribution is 0.0693. The molecule has 3 aromatic rings. The van der Waals surface area contributed by atoms with E-state index in [0.29, 0.717) is 18.7 Å². The van der Waals surface area contributed by atoms with Crippen molar-refractivity contribution < 1.29 is 14.7 Å². The molecule has 0 saturated carbocycles. The van der Waals surface area contributed by atoms with Crippen LogP contribution in [0.25, 0.3) is 10.8 Å². The highest BCUT2D eigenvalue weighted by Crippen LogP contribution is 2.27. The Morgan fingerprint density at radius 2 is 1.37 bits per heavy atom. The van der Waals surface area contributed by atoms with Gasteiger partial charge < -0.3 is 14.9 Å². The van der Waals surface area contributed by atoms with Crippen LogP contribution in [0.5, 0.6) is 0 Å². The number of amides is 1. The number of anilines is 1. The Bertz CT molecular complexity index is 985. The second-order valence-corrected chi connectivity index (χ2v) is 6.66. The summed E-state index contributed by atoms with van der Waals surface area (Å²) in [6, 6.07) is 20.8. The predicted molar refractivity (Wildman–Crippen MR) is 105 cm³/mol. The van der Waals surface area contributed by atoms with Crippen molar-refractivity contribution in [2.45, 2.75) is 0 Å². The van der Waals surface area contributed by atoms with E-state index >= 15 is 0 Å². The summed E-state index contributed by atoms with van der Waals surface area (Å²) in [4.78, 5) is 27.8. The van der Waals surface area contributed by atoms with E-state index < -0.39 is 5.97 Å². The van der Waals surface area contributed by atoms with Crippen LogP contribution < -0.4 is 4.90 Å². The Hall–Kier alpha value is -3.34. The summed E-state index contributed by atoms with van der Waals surface area (Å²) in [7, 11) is 0. The lowest BCUT2D eigenvalue weighted by Gasteiger charge is -2.36. The number of nitrogens with zero attached hydrogens (tertiary/aromatic N) is 2. The molecule has 1 amide bonds. The van der Waals surface area contributed by atoms with Gasteiger partial charge in [0, 0.05) is 42.8 Å². The molecule has 0 aromatic heterocycles. The lowest BCUT2D eigenvalue weighted by atomic mass is 10.1. The van der Waals surface area contributed by atoms with Gasteiger partial charge in [-0.15, -0.1) is 0 Å². The van der Waals surface area contributed by atoms with Crippen molar-refractivity contribution in [3.05, 3.63) is 77.9 Å². The number of benzene rings is 3. The van der Waals surface area contributed by atoms with Crippen LogP contribution in [0.1, 0.15) is 20.7 Å². The Balaban J connectivity index is 1.47. The molecule has 0 radical (unpaired) electrons. The van der Waals surface area contributed by atoms with Crippen LogP contribution in [0.3, 0.4) is 0 Å². The summed E-state index contributed by atoms with van der Waals surface area (Å²) in [6.07, 6.45) is 0. The minimum absolute atomic E-state index is 0.0514. The first-order valence-corrected chi connectivity index (χ1v) is 8.99. The highest BCUT2D eigenvalue weighted by Gasteiger charge is 2.23. The number of hydrogen-bond acceptors (Lipinski definition) is 3. The maximum absolute atomic E-state index is 12.7. The molecule has 27 heavy (non-hydrogen) atoms. The summed E-state index contributed by atoms with van der Waals surface area (Å²) in [5, 5.41) is 11.4. The van der Waals surface area contributed by atoms with Crippen LogP contribution in [-0.2, 0) is 0 Å². The Labute approximate surface area is 157 Å². The van der Waals surface area contributed by atoms with Crippen molar-refractivity contribution in [3.8, 4) is 0 Å². The van der Waals surface area contributed by atoms with Gasteiger partial charge in [-0.1, -0.05) is 36.4 Å². The fourth-order valence-electron chi connectivity index (χ4n) is 3.57. The van der Waals surface area contributed by atoms with Crippen LogP contribution in [0.15, 0.2) is 66.7 Å². The smallest absolute Gasteiger partial charge is 0.335 e. The number of carbonyl (C=O) groups excluding carboxylic acids is 1. The number of hydrogen-bond donors (Lipinski definition) is 1. The molecule has 0 bridgehead atoms. The van der Waals surface area contributed by atoms with E-state index in [1.54, 1.807) is 12.1 Å². The topological polar surface area (TPSA) is 60.9 Å². The minimum Gasteiger partial charge on any atom is -0.478 e. The summed E-state index contributed by atoms with van der Waals surface area (Å²) >= 11 is 0. The van der Waals surface area contributed by atoms with Gasteiger partial charge in [0.15, 0.2) is 0 Å². The number of carbonyl (C=O) groups is 2. The highest BCUT2D eigenvalue weighted by atomic mass is 16.4. The molecule has 5 nitrogen and oxygen atoms in total. The average Bonchev–Trinajstić information content (AvgIpc) is 2.73. The van der Waals surface area contributed by atoms with Crippen molar-refractivity contribution >= 4 is 28.3 Å². The first-order chi connectivity index (χ1) is 13.1. The van der Waals surface area contributed by atoms with Gasteiger partial charge in [0.25, 0.3) is 5.91 Å². The fraction of sp³-hybridized carbons (Fsp3) is 0.182. The Morgan fingerprint density at radius 3 is 2.07 bits per heavy atom. The average molecular weight is 360 g/mol. The Morgan fingerprint density at radius 1 is 0.741 bits per heavy atom. The first kappa shape index (κ1) is 17.1. The number of fused-ring (bicyclic) bond motifs is 1. The number of carboxylic acid groups (broad SMARTS) is 1. The number of rotatable bonds is 3. The summed E-state index contributed by atoms with van der Waals surface area (Å²) in [5.74, 6) is -1.04. The molecule has 1 heterocycles. The zero-order chi connectivity index (χ0) is 18.8. The SMILES string of the molecule is O=C(O)c1ccc(C(=O)N2CCN(c3cccc4ccccc34)CC2)cc1. The second-order valence-electron chi connectivity index (χ2n) is 6.66. The first-order valence-electron chi connectivity index (χ1n) is 8.99. The van der Waals surface area contributed by atoms with Crippen molar-refractivity contribution in [2.75, 3.05) is 31.1 Å². The quantitative estimate of drug-likeness (QED) is 0.777. The van der Waals surface area contributed by atoms with E-state index in [9.17, 15) is 9.59 Å². The van der Waals surface area contributed by atoms with E-state index in [1.807, 2.05) is 17.0 Å². The molecule has 1 N–H and O–H groups in total. The number of aromatic carboxylic acids is 1. The summed E-state index contributed by atoms with van der Waals surface area (Å²) < 4.78 is 0. The summed E-state index contributed by atoms with van der Waals surface area (Å²) in [5.41, 5.74) is 1.91. The predicted octanol–water partition coefficient (Wildman–Crippen LogP) is 3.50. The van der Waals surface area contributed by atoms with E-state index in [-0.39, 0.29) is 11.5 Å². The third-order valence-corrected chi connectivity index (χ3v) is 5.05. The van der Waals surface area contributed by atoms with Gasteiger partial charge in [0.2, 0.25) is 0 Å². The monoisotopic (exact) mass is 360 g/mol. The van der Waals surface area contributed by atoms with Crippen LogP contribution in [0, 0.1) is 0 Å². The largest absolute Gasteiger partial charge is 0.478 e. The number of piperazine rings is 1. The molecule has 136 valence electrons. The molecule has 0 unspecified atom stereocenters. The fourth-order valence-corrected chi connectivity index (χ4v) is 3.57. The van der Waals surface area contributed by atoms with E-state index in [2.05, 4.69) is 35.2 Å². The molecule has 1 aliphatic rings. The number of carboxylic acids is 1. The molecule has 1 fully saturated rings. The molecule has 1 saturated heterocycles. The second kappa shape index (κ2) is 7.11.